The van der Waals surface area contributed by atoms with Crippen LogP contribution in [0.5, 0.6) is 5.88 Å². The van der Waals surface area contributed by atoms with E-state index in [1.807, 2.05) is 12.1 Å². The van der Waals surface area contributed by atoms with Crippen LogP contribution in [0, 0.1) is 0 Å². The van der Waals surface area contributed by atoms with Gasteiger partial charge in [-0.2, -0.15) is 0 Å². The minimum absolute atomic E-state index is 0.205. The van der Waals surface area contributed by atoms with Crippen LogP contribution in [0.15, 0.2) is 30.2 Å². The first kappa shape index (κ1) is 22.3. The highest BCUT2D eigenvalue weighted by atomic mass is 16.5. The number of piperidine rings is 1. The maximum Gasteiger partial charge on any atom is 0.216 e. The summed E-state index contributed by atoms with van der Waals surface area (Å²) in [5.41, 5.74) is 11.8. The molecule has 1 saturated heterocycles. The molecule has 0 unspecified atom stereocenters. The van der Waals surface area contributed by atoms with Crippen LogP contribution in [0.4, 0.5) is 5.69 Å². The average Bonchev–Trinajstić information content (AvgIpc) is 2.78. The van der Waals surface area contributed by atoms with Crippen molar-refractivity contribution in [2.75, 3.05) is 31.6 Å². The number of anilines is 1. The summed E-state index contributed by atoms with van der Waals surface area (Å²) < 4.78 is 5.96. The second-order valence-corrected chi connectivity index (χ2v) is 8.73. The number of aromatic nitrogens is 3. The molecule has 0 aromatic carbocycles. The van der Waals surface area contributed by atoms with Gasteiger partial charge < -0.3 is 20.4 Å². The van der Waals surface area contributed by atoms with Crippen molar-refractivity contribution < 1.29 is 4.74 Å². The Morgan fingerprint density at radius 2 is 1.94 bits per heavy atom. The number of hydrogen-bond acceptors (Lipinski definition) is 8. The molecule has 172 valence electrons. The molecular weight excluding hydrogens is 402 g/mol. The lowest BCUT2D eigenvalue weighted by atomic mass is 9.83. The van der Waals surface area contributed by atoms with E-state index in [4.69, 9.17) is 21.3 Å². The van der Waals surface area contributed by atoms with E-state index < -0.39 is 0 Å². The second kappa shape index (κ2) is 10.2. The molecule has 2 fully saturated rings. The van der Waals surface area contributed by atoms with Crippen LogP contribution in [0.1, 0.15) is 68.4 Å². The number of ether oxygens (including phenoxy) is 1. The molecular formula is C24H35N7O. The van der Waals surface area contributed by atoms with Gasteiger partial charge in [0.15, 0.2) is 0 Å². The quantitative estimate of drug-likeness (QED) is 0.479. The van der Waals surface area contributed by atoms with E-state index >= 15 is 0 Å². The number of likely N-dealkylation sites (N-methyl/N-ethyl adjacent to an activating group) is 1. The van der Waals surface area contributed by atoms with Crippen LogP contribution in [0.2, 0.25) is 0 Å². The first-order chi connectivity index (χ1) is 15.6. The van der Waals surface area contributed by atoms with Crippen molar-refractivity contribution in [1.82, 2.24) is 20.0 Å². The van der Waals surface area contributed by atoms with Crippen molar-refractivity contribution in [3.8, 4) is 5.88 Å². The van der Waals surface area contributed by atoms with Crippen LogP contribution in [-0.2, 0) is 6.42 Å². The van der Waals surface area contributed by atoms with E-state index in [9.17, 15) is 0 Å². The zero-order valence-corrected chi connectivity index (χ0v) is 19.3. The van der Waals surface area contributed by atoms with Crippen LogP contribution in [0.25, 0.3) is 5.70 Å². The molecule has 8 nitrogen and oxygen atoms in total. The van der Waals surface area contributed by atoms with Crippen molar-refractivity contribution >= 4 is 11.4 Å². The highest BCUT2D eigenvalue weighted by Gasteiger charge is 2.22. The van der Waals surface area contributed by atoms with Gasteiger partial charge in [-0.3, -0.25) is 0 Å². The van der Waals surface area contributed by atoms with Gasteiger partial charge in [0.2, 0.25) is 5.88 Å². The molecule has 0 bridgehead atoms. The first-order valence-corrected chi connectivity index (χ1v) is 11.7. The zero-order valence-electron chi connectivity index (χ0n) is 19.3. The second-order valence-electron chi connectivity index (χ2n) is 8.73. The Kier molecular flexibility index (Phi) is 7.09. The SMILES string of the molecule is CCc1nc(/C(N)=C(\COc2cc(C3CCC3)ncn2)N(C)N)ccc1N1CCCCC1. The monoisotopic (exact) mass is 437 g/mol. The van der Waals surface area contributed by atoms with Crippen LogP contribution < -0.4 is 21.2 Å². The van der Waals surface area contributed by atoms with Crippen LogP contribution in [0.3, 0.4) is 0 Å². The molecule has 8 heteroatoms. The third-order valence-electron chi connectivity index (χ3n) is 6.54. The summed E-state index contributed by atoms with van der Waals surface area (Å²) in [5, 5.41) is 1.50. The Morgan fingerprint density at radius 3 is 2.59 bits per heavy atom. The number of hydrogen-bond donors (Lipinski definition) is 2. The lowest BCUT2D eigenvalue weighted by Crippen LogP contribution is -2.32. The number of pyridine rings is 1. The van der Waals surface area contributed by atoms with E-state index in [0.717, 1.165) is 36.6 Å². The summed E-state index contributed by atoms with van der Waals surface area (Å²) in [4.78, 5) is 16.0. The number of nitrogens with two attached hydrogens (primary N) is 2. The molecule has 3 heterocycles. The molecule has 2 aliphatic rings. The lowest BCUT2D eigenvalue weighted by Gasteiger charge is -2.30. The highest BCUT2D eigenvalue weighted by Crippen LogP contribution is 2.35. The van der Waals surface area contributed by atoms with Crippen LogP contribution in [-0.4, -0.2) is 46.7 Å². The minimum atomic E-state index is 0.205. The van der Waals surface area contributed by atoms with E-state index in [1.54, 1.807) is 13.4 Å². The summed E-state index contributed by atoms with van der Waals surface area (Å²) in [6.07, 6.45) is 9.81. The van der Waals surface area contributed by atoms with Gasteiger partial charge in [-0.15, -0.1) is 0 Å². The fraction of sp³-hybridized carbons (Fsp3) is 0.542. The maximum atomic E-state index is 6.53. The Morgan fingerprint density at radius 1 is 1.16 bits per heavy atom. The van der Waals surface area contributed by atoms with Gasteiger partial charge in [-0.25, -0.2) is 20.8 Å². The van der Waals surface area contributed by atoms with Gasteiger partial charge in [0, 0.05) is 32.1 Å². The van der Waals surface area contributed by atoms with Gasteiger partial charge in [0.25, 0.3) is 0 Å². The predicted octanol–water partition coefficient (Wildman–Crippen LogP) is 3.20. The highest BCUT2D eigenvalue weighted by molar-refractivity contribution is 5.65. The summed E-state index contributed by atoms with van der Waals surface area (Å²) >= 11 is 0. The fourth-order valence-electron chi connectivity index (χ4n) is 4.35. The largest absolute Gasteiger partial charge is 0.471 e. The summed E-state index contributed by atoms with van der Waals surface area (Å²) in [7, 11) is 1.76. The summed E-state index contributed by atoms with van der Waals surface area (Å²) in [6, 6.07) is 6.06. The van der Waals surface area contributed by atoms with Crippen molar-refractivity contribution in [3.05, 3.63) is 47.3 Å². The topological polar surface area (TPSA) is 106 Å². The molecule has 0 radical (unpaired) electrons. The van der Waals surface area contributed by atoms with Crippen molar-refractivity contribution in [1.29, 1.82) is 0 Å². The molecule has 2 aromatic heterocycles. The Hall–Kier alpha value is -2.87. The smallest absolute Gasteiger partial charge is 0.216 e. The van der Waals surface area contributed by atoms with E-state index in [0.29, 0.717) is 23.2 Å². The normalized spacial score (nSPS) is 17.5. The minimum Gasteiger partial charge on any atom is -0.471 e. The molecule has 1 aliphatic heterocycles. The third-order valence-corrected chi connectivity index (χ3v) is 6.54. The number of hydrazine groups is 1. The molecule has 4 N–H and O–H groups in total. The molecule has 2 aromatic rings. The molecule has 32 heavy (non-hydrogen) atoms. The Bertz CT molecular complexity index is 949. The molecule has 0 amide bonds. The molecule has 1 aliphatic carbocycles. The fourth-order valence-corrected chi connectivity index (χ4v) is 4.35. The van der Waals surface area contributed by atoms with Gasteiger partial charge >= 0.3 is 0 Å². The Labute approximate surface area is 190 Å². The third kappa shape index (κ3) is 4.96. The summed E-state index contributed by atoms with van der Waals surface area (Å²) in [6.45, 7) is 4.52. The van der Waals surface area contributed by atoms with Gasteiger partial charge in [-0.1, -0.05) is 13.3 Å². The number of aryl methyl sites for hydroxylation is 1. The Balaban J connectivity index is 1.53. The standard InChI is InChI=1S/C24H35N7O/c1-3-18-21(31-12-5-4-6-13-31)11-10-19(29-18)24(25)22(30(2)26)15-32-23-14-20(27-16-28-23)17-8-7-9-17/h10-11,14,16-17H,3-9,12-13,15,25-26H2,1-2H3/b24-22-. The maximum absolute atomic E-state index is 6.53. The zero-order chi connectivity index (χ0) is 22.5. The van der Waals surface area contributed by atoms with Crippen LogP contribution >= 0.6 is 0 Å². The molecule has 0 atom stereocenters. The van der Waals surface area contributed by atoms with Crippen molar-refractivity contribution in [3.63, 3.8) is 0 Å². The number of rotatable bonds is 8. The lowest BCUT2D eigenvalue weighted by molar-refractivity contribution is 0.285. The van der Waals surface area contributed by atoms with E-state index in [1.165, 1.54) is 49.2 Å². The molecule has 1 saturated carbocycles. The molecule has 4 rings (SSSR count). The molecule has 0 spiro atoms. The predicted molar refractivity (Wildman–Crippen MR) is 127 cm³/mol. The number of nitrogens with zero attached hydrogens (tertiary/aromatic N) is 5. The van der Waals surface area contributed by atoms with E-state index in [-0.39, 0.29) is 6.61 Å². The summed E-state index contributed by atoms with van der Waals surface area (Å²) in [5.74, 6) is 7.17. The van der Waals surface area contributed by atoms with Gasteiger partial charge in [-0.05, 0) is 50.7 Å². The van der Waals surface area contributed by atoms with Gasteiger partial charge in [0.1, 0.15) is 12.9 Å². The van der Waals surface area contributed by atoms with Crippen molar-refractivity contribution in [2.45, 2.75) is 57.8 Å². The average molecular weight is 438 g/mol. The van der Waals surface area contributed by atoms with E-state index in [2.05, 4.69) is 27.9 Å². The van der Waals surface area contributed by atoms with Gasteiger partial charge in [0.05, 0.1) is 34.2 Å². The van der Waals surface area contributed by atoms with Crippen molar-refractivity contribution in [2.24, 2.45) is 11.6 Å². The first-order valence-electron chi connectivity index (χ1n) is 11.7.